The monoisotopic (exact) mass is 336 g/mol. The maximum Gasteiger partial charge on any atom is 0.301 e. The average Bonchev–Trinajstić information content (AvgIpc) is 2.85. The van der Waals surface area contributed by atoms with Crippen LogP contribution in [0, 0.1) is 5.41 Å². The predicted molar refractivity (Wildman–Crippen MR) is 88.5 cm³/mol. The molecule has 126 valence electrons. The van der Waals surface area contributed by atoms with Crippen LogP contribution >= 0.6 is 10.9 Å². The Bertz CT molecular complexity index is 529. The van der Waals surface area contributed by atoms with Gasteiger partial charge in [0.2, 0.25) is 0 Å². The molecule has 0 radical (unpaired) electrons. The fourth-order valence-electron chi connectivity index (χ4n) is 2.10. The highest BCUT2D eigenvalue weighted by molar-refractivity contribution is 8.32. The van der Waals surface area contributed by atoms with Gasteiger partial charge < -0.3 is 4.84 Å². The van der Waals surface area contributed by atoms with E-state index in [1.807, 2.05) is 27.7 Å². The van der Waals surface area contributed by atoms with Crippen LogP contribution < -0.4 is 0 Å². The third-order valence-electron chi connectivity index (χ3n) is 3.14. The van der Waals surface area contributed by atoms with Crippen molar-refractivity contribution in [2.24, 2.45) is 15.6 Å². The highest BCUT2D eigenvalue weighted by Gasteiger charge is 2.30. The quantitative estimate of drug-likeness (QED) is 0.405. The van der Waals surface area contributed by atoms with Crippen LogP contribution in [-0.2, 0) is 4.84 Å². The number of oxime groups is 1. The molecule has 0 amide bonds. The van der Waals surface area contributed by atoms with E-state index >= 15 is 0 Å². The summed E-state index contributed by atoms with van der Waals surface area (Å²) < 4.78 is 37.6. The average molecular weight is 336 g/mol. The van der Waals surface area contributed by atoms with Gasteiger partial charge in [0.1, 0.15) is 7.11 Å². The standard InChI is InChI=1S/C15H23F3N2OS/c1-6-11(20-21-5)12-13(15(2,3)4)19-9-22(12)8-7-10(16)14(17)18/h9,22H,6-8H2,1-5H3/b20-11+. The summed E-state index contributed by atoms with van der Waals surface area (Å²) in [6.07, 6.45) is -1.89. The summed E-state index contributed by atoms with van der Waals surface area (Å²) in [5, 5.41) is 4.04. The first-order valence-electron chi connectivity index (χ1n) is 7.08. The van der Waals surface area contributed by atoms with Crippen LogP contribution in [0.4, 0.5) is 13.2 Å². The van der Waals surface area contributed by atoms with Crippen molar-refractivity contribution in [1.82, 2.24) is 0 Å². The first kappa shape index (κ1) is 18.8. The van der Waals surface area contributed by atoms with Gasteiger partial charge in [-0.1, -0.05) is 32.9 Å². The zero-order chi connectivity index (χ0) is 16.9. The number of hydrogen-bond donors (Lipinski definition) is 1. The Morgan fingerprint density at radius 3 is 2.41 bits per heavy atom. The number of aliphatic imine (C=N–C) groups is 1. The summed E-state index contributed by atoms with van der Waals surface area (Å²) >= 11 is 0. The fourth-order valence-corrected chi connectivity index (χ4v) is 4.44. The zero-order valence-electron chi connectivity index (χ0n) is 13.6. The maximum atomic E-state index is 13.1. The molecule has 1 rings (SSSR count). The topological polar surface area (TPSA) is 34.0 Å². The lowest BCUT2D eigenvalue weighted by Gasteiger charge is -2.23. The van der Waals surface area contributed by atoms with E-state index < -0.39 is 22.8 Å². The largest absolute Gasteiger partial charge is 0.399 e. The number of halogens is 3. The zero-order valence-corrected chi connectivity index (χ0v) is 14.5. The molecule has 1 heterocycles. The Morgan fingerprint density at radius 2 is 1.95 bits per heavy atom. The van der Waals surface area contributed by atoms with Crippen molar-refractivity contribution in [2.75, 3.05) is 12.9 Å². The van der Waals surface area contributed by atoms with Crippen molar-refractivity contribution in [3.8, 4) is 0 Å². The highest BCUT2D eigenvalue weighted by Crippen LogP contribution is 2.48. The van der Waals surface area contributed by atoms with Crippen molar-refractivity contribution in [3.63, 3.8) is 0 Å². The maximum absolute atomic E-state index is 13.1. The molecule has 0 aromatic rings. The van der Waals surface area contributed by atoms with Crippen LogP contribution in [0.5, 0.6) is 0 Å². The van der Waals surface area contributed by atoms with E-state index in [-0.39, 0.29) is 11.8 Å². The van der Waals surface area contributed by atoms with Crippen LogP contribution in [0.25, 0.3) is 0 Å². The Morgan fingerprint density at radius 1 is 1.32 bits per heavy atom. The number of thiol groups is 1. The van der Waals surface area contributed by atoms with Crippen molar-refractivity contribution in [2.45, 2.75) is 40.5 Å². The Labute approximate surface area is 132 Å². The van der Waals surface area contributed by atoms with Crippen LogP contribution in [0.3, 0.4) is 0 Å². The van der Waals surface area contributed by atoms with E-state index in [1.165, 1.54) is 7.11 Å². The van der Waals surface area contributed by atoms with Crippen molar-refractivity contribution >= 4 is 22.2 Å². The molecule has 22 heavy (non-hydrogen) atoms. The van der Waals surface area contributed by atoms with Crippen LogP contribution in [-0.4, -0.2) is 24.1 Å². The van der Waals surface area contributed by atoms with Crippen LogP contribution in [0.15, 0.2) is 32.7 Å². The van der Waals surface area contributed by atoms with E-state index in [9.17, 15) is 13.2 Å². The molecule has 7 heteroatoms. The number of allylic oxidation sites excluding steroid dienone is 3. The molecule has 0 saturated heterocycles. The Kier molecular flexibility index (Phi) is 6.71. The minimum absolute atomic E-state index is 0.202. The summed E-state index contributed by atoms with van der Waals surface area (Å²) in [5.74, 6) is -1.05. The normalized spacial score (nSPS) is 20.5. The molecule has 0 bridgehead atoms. The minimum Gasteiger partial charge on any atom is -0.399 e. The molecule has 0 saturated carbocycles. The Balaban J connectivity index is 3.14. The summed E-state index contributed by atoms with van der Waals surface area (Å²) in [7, 11) is 0.508. The van der Waals surface area contributed by atoms with Gasteiger partial charge in [0.05, 0.1) is 11.4 Å². The lowest BCUT2D eigenvalue weighted by atomic mass is 9.91. The molecule has 0 spiro atoms. The lowest BCUT2D eigenvalue weighted by Crippen LogP contribution is -2.13. The van der Waals surface area contributed by atoms with Crippen molar-refractivity contribution in [3.05, 3.63) is 22.5 Å². The Hall–Kier alpha value is -1.24. The summed E-state index contributed by atoms with van der Waals surface area (Å²) in [6, 6.07) is 0. The lowest BCUT2D eigenvalue weighted by molar-refractivity contribution is 0.213. The summed E-state index contributed by atoms with van der Waals surface area (Å²) in [4.78, 5) is 10.3. The minimum atomic E-state index is -2.24. The van der Waals surface area contributed by atoms with Gasteiger partial charge in [-0.15, -0.1) is 0 Å². The van der Waals surface area contributed by atoms with Gasteiger partial charge in [-0.3, -0.25) is 4.99 Å². The molecule has 0 aromatic heterocycles. The van der Waals surface area contributed by atoms with Gasteiger partial charge in [0.25, 0.3) is 0 Å². The molecular formula is C15H23F3N2OS. The SMILES string of the molecule is CC/C(=N\OC)C1=C(C(C)(C)C)N=C[SH]1CCC(F)=C(F)F. The molecule has 1 aliphatic heterocycles. The number of hydrogen-bond acceptors (Lipinski definition) is 3. The van der Waals surface area contributed by atoms with Gasteiger partial charge in [-0.25, -0.2) is 4.39 Å². The van der Waals surface area contributed by atoms with E-state index in [0.29, 0.717) is 12.2 Å². The second kappa shape index (κ2) is 7.85. The third kappa shape index (κ3) is 4.63. The summed E-state index contributed by atoms with van der Waals surface area (Å²) in [5.41, 5.74) is 3.18. The van der Waals surface area contributed by atoms with Gasteiger partial charge >= 0.3 is 6.08 Å². The van der Waals surface area contributed by atoms with Crippen LogP contribution in [0.1, 0.15) is 40.5 Å². The molecule has 0 fully saturated rings. The molecular weight excluding hydrogens is 313 g/mol. The number of rotatable bonds is 6. The predicted octanol–water partition coefficient (Wildman–Crippen LogP) is 5.17. The van der Waals surface area contributed by atoms with E-state index in [1.54, 1.807) is 5.55 Å². The third-order valence-corrected chi connectivity index (χ3v) is 5.28. The molecule has 1 atom stereocenters. The van der Waals surface area contributed by atoms with Crippen molar-refractivity contribution < 1.29 is 18.0 Å². The number of nitrogens with zero attached hydrogens (tertiary/aromatic N) is 2. The fraction of sp³-hybridized carbons (Fsp3) is 0.600. The molecule has 1 unspecified atom stereocenters. The van der Waals surface area contributed by atoms with Gasteiger partial charge in [0.15, 0.2) is 5.83 Å². The first-order valence-corrected chi connectivity index (χ1v) is 8.67. The van der Waals surface area contributed by atoms with Gasteiger partial charge in [-0.05, 0) is 12.2 Å². The first-order chi connectivity index (χ1) is 10.2. The molecule has 3 nitrogen and oxygen atoms in total. The van der Waals surface area contributed by atoms with E-state index in [4.69, 9.17) is 4.84 Å². The van der Waals surface area contributed by atoms with E-state index in [2.05, 4.69) is 10.1 Å². The van der Waals surface area contributed by atoms with Gasteiger partial charge in [-0.2, -0.15) is 19.7 Å². The molecule has 0 aliphatic carbocycles. The van der Waals surface area contributed by atoms with E-state index in [0.717, 1.165) is 16.3 Å². The molecule has 1 aliphatic rings. The molecule has 0 aromatic carbocycles. The van der Waals surface area contributed by atoms with Crippen LogP contribution in [0.2, 0.25) is 0 Å². The highest BCUT2D eigenvalue weighted by atomic mass is 32.2. The summed E-state index contributed by atoms with van der Waals surface area (Å²) in [6.45, 7) is 8.03. The van der Waals surface area contributed by atoms with Gasteiger partial charge in [0, 0.05) is 22.3 Å². The smallest absolute Gasteiger partial charge is 0.301 e. The molecule has 0 N–H and O–H groups in total. The van der Waals surface area contributed by atoms with Crippen molar-refractivity contribution in [1.29, 1.82) is 0 Å². The second-order valence-corrected chi connectivity index (χ2v) is 7.94. The second-order valence-electron chi connectivity index (χ2n) is 5.87.